The van der Waals surface area contributed by atoms with Crippen LogP contribution in [0.2, 0.25) is 18.1 Å². The molecule has 5 heteroatoms. The Labute approximate surface area is 112 Å². The summed E-state index contributed by atoms with van der Waals surface area (Å²) in [6, 6.07) is 0. The van der Waals surface area contributed by atoms with Crippen molar-refractivity contribution in [3.63, 3.8) is 0 Å². The van der Waals surface area contributed by atoms with E-state index in [-0.39, 0.29) is 11.0 Å². The fraction of sp³-hybridized carbons (Fsp3) is 0.923. The standard InChI is InChI=1S/C13H28O4Si/c1-10(12(15)16-5)11(14)8-9-17-18(6,7)13(2,3)4/h10-11,14H,8-9H2,1-7H3/t10-,11+/m0/s1. The Morgan fingerprint density at radius 3 is 2.22 bits per heavy atom. The van der Waals surface area contributed by atoms with Crippen LogP contribution in [0.1, 0.15) is 34.1 Å². The Kier molecular flexibility index (Phi) is 6.53. The highest BCUT2D eigenvalue weighted by Crippen LogP contribution is 2.36. The highest BCUT2D eigenvalue weighted by atomic mass is 28.4. The van der Waals surface area contributed by atoms with Crippen LogP contribution in [0.25, 0.3) is 0 Å². The van der Waals surface area contributed by atoms with Gasteiger partial charge in [-0.15, -0.1) is 0 Å². The number of carbonyl (C=O) groups is 1. The minimum atomic E-state index is -1.77. The van der Waals surface area contributed by atoms with Gasteiger partial charge in [-0.3, -0.25) is 4.79 Å². The van der Waals surface area contributed by atoms with Gasteiger partial charge in [-0.1, -0.05) is 20.8 Å². The van der Waals surface area contributed by atoms with E-state index in [2.05, 4.69) is 38.6 Å². The average Bonchev–Trinajstić information content (AvgIpc) is 2.24. The lowest BCUT2D eigenvalue weighted by Crippen LogP contribution is -2.41. The molecule has 0 aliphatic heterocycles. The largest absolute Gasteiger partial charge is 0.469 e. The van der Waals surface area contributed by atoms with E-state index in [1.807, 2.05) is 0 Å². The summed E-state index contributed by atoms with van der Waals surface area (Å²) in [6.45, 7) is 13.0. The van der Waals surface area contributed by atoms with E-state index in [0.29, 0.717) is 13.0 Å². The molecule has 0 aliphatic rings. The van der Waals surface area contributed by atoms with Crippen molar-refractivity contribution in [2.45, 2.75) is 58.4 Å². The molecule has 0 fully saturated rings. The molecule has 18 heavy (non-hydrogen) atoms. The summed E-state index contributed by atoms with van der Waals surface area (Å²) in [5, 5.41) is 10.0. The molecule has 0 spiro atoms. The lowest BCUT2D eigenvalue weighted by molar-refractivity contribution is -0.148. The molecule has 0 aromatic carbocycles. The van der Waals surface area contributed by atoms with Gasteiger partial charge in [0, 0.05) is 6.61 Å². The Hall–Kier alpha value is -0.393. The normalized spacial score (nSPS) is 16.2. The summed E-state index contributed by atoms with van der Waals surface area (Å²) in [4.78, 5) is 11.3. The molecular weight excluding hydrogens is 248 g/mol. The Morgan fingerprint density at radius 1 is 1.33 bits per heavy atom. The summed E-state index contributed by atoms with van der Waals surface area (Å²) in [6.07, 6.45) is -0.245. The van der Waals surface area contributed by atoms with Gasteiger partial charge >= 0.3 is 5.97 Å². The third-order valence-corrected chi connectivity index (χ3v) is 8.37. The van der Waals surface area contributed by atoms with Crippen LogP contribution in [0, 0.1) is 5.92 Å². The first kappa shape index (κ1) is 17.6. The van der Waals surface area contributed by atoms with Crippen LogP contribution in [0.4, 0.5) is 0 Å². The SMILES string of the molecule is COC(=O)[C@@H](C)[C@H](O)CCO[Si](C)(C)C(C)(C)C. The molecule has 0 radical (unpaired) electrons. The molecule has 108 valence electrons. The van der Waals surface area contributed by atoms with Crippen LogP contribution in [0.3, 0.4) is 0 Å². The number of aliphatic hydroxyl groups excluding tert-OH is 1. The van der Waals surface area contributed by atoms with Gasteiger partial charge in [0.05, 0.1) is 19.1 Å². The number of carbonyl (C=O) groups excluding carboxylic acids is 1. The number of esters is 1. The quantitative estimate of drug-likeness (QED) is 0.598. The molecule has 0 aromatic heterocycles. The summed E-state index contributed by atoms with van der Waals surface area (Å²) >= 11 is 0. The number of hydrogen-bond acceptors (Lipinski definition) is 4. The van der Waals surface area contributed by atoms with Gasteiger partial charge in [0.1, 0.15) is 0 Å². The third kappa shape index (κ3) is 5.08. The van der Waals surface area contributed by atoms with Crippen molar-refractivity contribution >= 4 is 14.3 Å². The smallest absolute Gasteiger partial charge is 0.311 e. The van der Waals surface area contributed by atoms with Gasteiger partial charge in [-0.25, -0.2) is 0 Å². The van der Waals surface area contributed by atoms with Crippen LogP contribution < -0.4 is 0 Å². The second-order valence-electron chi connectivity index (χ2n) is 6.28. The number of methoxy groups -OCH3 is 1. The maximum absolute atomic E-state index is 11.3. The van der Waals surface area contributed by atoms with Crippen LogP contribution in [-0.2, 0) is 14.0 Å². The minimum Gasteiger partial charge on any atom is -0.469 e. The van der Waals surface area contributed by atoms with Gasteiger partial charge < -0.3 is 14.3 Å². The molecular formula is C13H28O4Si. The van der Waals surface area contributed by atoms with E-state index in [1.54, 1.807) is 6.92 Å². The van der Waals surface area contributed by atoms with E-state index in [1.165, 1.54) is 7.11 Å². The highest BCUT2D eigenvalue weighted by Gasteiger charge is 2.37. The van der Waals surface area contributed by atoms with E-state index in [9.17, 15) is 9.90 Å². The molecule has 0 unspecified atom stereocenters. The molecule has 0 aromatic rings. The third-order valence-electron chi connectivity index (χ3n) is 3.83. The monoisotopic (exact) mass is 276 g/mol. The lowest BCUT2D eigenvalue weighted by Gasteiger charge is -2.36. The molecule has 0 heterocycles. The fourth-order valence-electron chi connectivity index (χ4n) is 1.24. The maximum atomic E-state index is 11.3. The number of hydrogen-bond donors (Lipinski definition) is 1. The predicted molar refractivity (Wildman–Crippen MR) is 75.0 cm³/mol. The highest BCUT2D eigenvalue weighted by molar-refractivity contribution is 6.74. The maximum Gasteiger partial charge on any atom is 0.311 e. The van der Waals surface area contributed by atoms with Gasteiger partial charge in [-0.05, 0) is 31.5 Å². The van der Waals surface area contributed by atoms with Crippen LogP contribution in [0.15, 0.2) is 0 Å². The van der Waals surface area contributed by atoms with Crippen molar-refractivity contribution in [3.05, 3.63) is 0 Å². The lowest BCUT2D eigenvalue weighted by atomic mass is 10.0. The number of rotatable bonds is 6. The van der Waals surface area contributed by atoms with Gasteiger partial charge in [0.15, 0.2) is 8.32 Å². The van der Waals surface area contributed by atoms with E-state index < -0.39 is 20.3 Å². The average molecular weight is 276 g/mol. The van der Waals surface area contributed by atoms with Gasteiger partial charge in [0.2, 0.25) is 0 Å². The first-order chi connectivity index (χ1) is 8.03. The molecule has 0 rings (SSSR count). The summed E-state index contributed by atoms with van der Waals surface area (Å²) in [5.41, 5.74) is 0. The van der Waals surface area contributed by atoms with Crippen LogP contribution >= 0.6 is 0 Å². The van der Waals surface area contributed by atoms with Crippen molar-refractivity contribution in [3.8, 4) is 0 Å². The molecule has 4 nitrogen and oxygen atoms in total. The fourth-order valence-corrected chi connectivity index (χ4v) is 2.31. The molecule has 2 atom stereocenters. The molecule has 1 N–H and O–H groups in total. The van der Waals surface area contributed by atoms with Crippen molar-refractivity contribution in [1.29, 1.82) is 0 Å². The van der Waals surface area contributed by atoms with Crippen LogP contribution in [0.5, 0.6) is 0 Å². The predicted octanol–water partition coefficient (Wildman–Crippen LogP) is 2.57. The molecule has 0 amide bonds. The van der Waals surface area contributed by atoms with Crippen molar-refractivity contribution in [1.82, 2.24) is 0 Å². The Morgan fingerprint density at radius 2 is 1.83 bits per heavy atom. The second-order valence-corrected chi connectivity index (χ2v) is 11.1. The molecule has 0 saturated carbocycles. The topological polar surface area (TPSA) is 55.8 Å². The second kappa shape index (κ2) is 6.68. The summed E-state index contributed by atoms with van der Waals surface area (Å²) < 4.78 is 10.6. The minimum absolute atomic E-state index is 0.159. The Balaban J connectivity index is 4.17. The van der Waals surface area contributed by atoms with Crippen molar-refractivity contribution < 1.29 is 19.1 Å². The number of aliphatic hydroxyl groups is 1. The van der Waals surface area contributed by atoms with Crippen molar-refractivity contribution in [2.24, 2.45) is 5.92 Å². The zero-order valence-electron chi connectivity index (χ0n) is 12.7. The summed E-state index contributed by atoms with van der Waals surface area (Å²) in [7, 11) is -0.438. The first-order valence-corrected chi connectivity index (χ1v) is 9.33. The van der Waals surface area contributed by atoms with E-state index in [0.717, 1.165) is 0 Å². The zero-order valence-corrected chi connectivity index (χ0v) is 13.7. The molecule has 0 aliphatic carbocycles. The molecule has 0 saturated heterocycles. The first-order valence-electron chi connectivity index (χ1n) is 6.43. The van der Waals surface area contributed by atoms with Crippen molar-refractivity contribution in [2.75, 3.05) is 13.7 Å². The zero-order chi connectivity index (χ0) is 14.6. The van der Waals surface area contributed by atoms with E-state index >= 15 is 0 Å². The summed E-state index contributed by atoms with van der Waals surface area (Å²) in [5.74, 6) is -0.882. The Bertz CT molecular complexity index is 271. The van der Waals surface area contributed by atoms with Gasteiger partial charge in [0.25, 0.3) is 0 Å². The number of ether oxygens (including phenoxy) is 1. The van der Waals surface area contributed by atoms with Crippen LogP contribution in [-0.4, -0.2) is 39.2 Å². The van der Waals surface area contributed by atoms with E-state index in [4.69, 9.17) is 4.43 Å². The molecule has 0 bridgehead atoms. The van der Waals surface area contributed by atoms with Gasteiger partial charge in [-0.2, -0.15) is 0 Å².